The monoisotopic (exact) mass is 282 g/mol. The minimum Gasteiger partial charge on any atom is -0.481 e. The fourth-order valence-corrected chi connectivity index (χ4v) is 3.70. The zero-order valence-electron chi connectivity index (χ0n) is 12.3. The Hall–Kier alpha value is -1.10. The number of rotatable bonds is 3. The molecule has 2 fully saturated rings. The molecular formula is C15H26N2O3. The van der Waals surface area contributed by atoms with E-state index in [1.54, 1.807) is 4.90 Å². The number of aliphatic carboxylic acids is 1. The minimum absolute atomic E-state index is 0.0250. The SMILES string of the molecule is C[C@@H]1CN(C(=O)C2(CN)CCCCCC2)C[C@H]1C(=O)O. The summed E-state index contributed by atoms with van der Waals surface area (Å²) < 4.78 is 0. The third-order valence-corrected chi connectivity index (χ3v) is 5.12. The highest BCUT2D eigenvalue weighted by Crippen LogP contribution is 2.38. The summed E-state index contributed by atoms with van der Waals surface area (Å²) >= 11 is 0. The van der Waals surface area contributed by atoms with E-state index in [1.807, 2.05) is 6.92 Å². The maximum absolute atomic E-state index is 12.9. The van der Waals surface area contributed by atoms with Gasteiger partial charge in [0.05, 0.1) is 11.3 Å². The van der Waals surface area contributed by atoms with E-state index < -0.39 is 17.3 Å². The van der Waals surface area contributed by atoms with E-state index in [4.69, 9.17) is 5.73 Å². The largest absolute Gasteiger partial charge is 0.481 e. The minimum atomic E-state index is -0.796. The molecule has 1 aliphatic carbocycles. The molecule has 0 unspecified atom stereocenters. The number of hydrogen-bond acceptors (Lipinski definition) is 3. The number of carbonyl (C=O) groups excluding carboxylic acids is 1. The van der Waals surface area contributed by atoms with Gasteiger partial charge in [0.15, 0.2) is 0 Å². The van der Waals surface area contributed by atoms with Crippen LogP contribution in [0.25, 0.3) is 0 Å². The summed E-state index contributed by atoms with van der Waals surface area (Å²) in [7, 11) is 0. The summed E-state index contributed by atoms with van der Waals surface area (Å²) in [4.78, 5) is 25.8. The number of amides is 1. The second kappa shape index (κ2) is 6.12. The number of likely N-dealkylation sites (tertiary alicyclic amines) is 1. The van der Waals surface area contributed by atoms with Crippen molar-refractivity contribution in [2.24, 2.45) is 23.0 Å². The Morgan fingerprint density at radius 3 is 2.25 bits per heavy atom. The van der Waals surface area contributed by atoms with Crippen molar-refractivity contribution in [1.29, 1.82) is 0 Å². The molecule has 0 radical (unpaired) electrons. The predicted octanol–water partition coefficient (Wildman–Crippen LogP) is 1.46. The quantitative estimate of drug-likeness (QED) is 0.768. The van der Waals surface area contributed by atoms with Crippen LogP contribution in [0.2, 0.25) is 0 Å². The number of nitrogens with zero attached hydrogens (tertiary/aromatic N) is 1. The van der Waals surface area contributed by atoms with Crippen LogP contribution in [0.3, 0.4) is 0 Å². The smallest absolute Gasteiger partial charge is 0.308 e. The van der Waals surface area contributed by atoms with E-state index in [1.165, 1.54) is 12.8 Å². The van der Waals surface area contributed by atoms with Crippen LogP contribution in [-0.2, 0) is 9.59 Å². The van der Waals surface area contributed by atoms with Crippen molar-refractivity contribution in [3.05, 3.63) is 0 Å². The highest BCUT2D eigenvalue weighted by molar-refractivity contribution is 5.84. The predicted molar refractivity (Wildman–Crippen MR) is 76.1 cm³/mol. The topological polar surface area (TPSA) is 83.6 Å². The molecular weight excluding hydrogens is 256 g/mol. The van der Waals surface area contributed by atoms with Gasteiger partial charge in [-0.05, 0) is 18.8 Å². The molecule has 2 atom stereocenters. The fourth-order valence-electron chi connectivity index (χ4n) is 3.70. The van der Waals surface area contributed by atoms with Gasteiger partial charge >= 0.3 is 5.97 Å². The first kappa shape index (κ1) is 15.3. The van der Waals surface area contributed by atoms with Gasteiger partial charge in [-0.3, -0.25) is 9.59 Å². The highest BCUT2D eigenvalue weighted by Gasteiger charge is 2.45. The maximum Gasteiger partial charge on any atom is 0.308 e. The van der Waals surface area contributed by atoms with Crippen molar-refractivity contribution >= 4 is 11.9 Å². The van der Waals surface area contributed by atoms with Crippen LogP contribution in [0.5, 0.6) is 0 Å². The number of hydrogen-bond donors (Lipinski definition) is 2. The van der Waals surface area contributed by atoms with E-state index in [9.17, 15) is 14.7 Å². The maximum atomic E-state index is 12.9. The Balaban J connectivity index is 2.11. The van der Waals surface area contributed by atoms with E-state index in [0.29, 0.717) is 19.6 Å². The zero-order valence-corrected chi connectivity index (χ0v) is 12.3. The van der Waals surface area contributed by atoms with E-state index >= 15 is 0 Å². The molecule has 0 aromatic carbocycles. The highest BCUT2D eigenvalue weighted by atomic mass is 16.4. The second-order valence-corrected chi connectivity index (χ2v) is 6.53. The van der Waals surface area contributed by atoms with Gasteiger partial charge in [-0.2, -0.15) is 0 Å². The van der Waals surface area contributed by atoms with Crippen molar-refractivity contribution in [2.45, 2.75) is 45.4 Å². The number of carbonyl (C=O) groups is 2. The normalized spacial score (nSPS) is 30.0. The molecule has 2 rings (SSSR count). The molecule has 1 heterocycles. The zero-order chi connectivity index (χ0) is 14.8. The standard InChI is InChI=1S/C15H26N2O3/c1-11-8-17(9-12(11)13(18)19)14(20)15(10-16)6-4-2-3-5-7-15/h11-12H,2-10,16H2,1H3,(H,18,19)/t11-,12-/m1/s1. The number of carboxylic acids is 1. The van der Waals surface area contributed by atoms with Crippen LogP contribution in [0.1, 0.15) is 45.4 Å². The van der Waals surface area contributed by atoms with Gasteiger partial charge in [-0.1, -0.05) is 32.6 Å². The summed E-state index contributed by atoms with van der Waals surface area (Å²) in [5.74, 6) is -1.11. The third kappa shape index (κ3) is 2.82. The molecule has 3 N–H and O–H groups in total. The number of nitrogens with two attached hydrogens (primary N) is 1. The molecule has 0 aromatic heterocycles. The lowest BCUT2D eigenvalue weighted by Crippen LogP contribution is -2.47. The van der Waals surface area contributed by atoms with Gasteiger partial charge in [0.25, 0.3) is 0 Å². The molecule has 0 aromatic rings. The van der Waals surface area contributed by atoms with Gasteiger partial charge in [-0.15, -0.1) is 0 Å². The van der Waals surface area contributed by atoms with Crippen molar-refractivity contribution in [3.63, 3.8) is 0 Å². The van der Waals surface area contributed by atoms with Gasteiger partial charge < -0.3 is 15.7 Å². The van der Waals surface area contributed by atoms with Crippen molar-refractivity contribution in [1.82, 2.24) is 4.90 Å². The third-order valence-electron chi connectivity index (χ3n) is 5.12. The Morgan fingerprint density at radius 2 is 1.80 bits per heavy atom. The Bertz CT molecular complexity index is 375. The van der Waals surface area contributed by atoms with Gasteiger partial charge in [0, 0.05) is 19.6 Å². The first-order valence-electron chi connectivity index (χ1n) is 7.72. The first-order valence-corrected chi connectivity index (χ1v) is 7.72. The Morgan fingerprint density at radius 1 is 1.20 bits per heavy atom. The van der Waals surface area contributed by atoms with E-state index in [2.05, 4.69) is 0 Å². The van der Waals surface area contributed by atoms with Crippen LogP contribution in [-0.4, -0.2) is 41.5 Å². The lowest BCUT2D eigenvalue weighted by molar-refractivity contribution is -0.143. The molecule has 1 saturated carbocycles. The molecule has 5 heteroatoms. The summed E-state index contributed by atoms with van der Waals surface area (Å²) in [6.45, 7) is 3.19. The molecule has 0 spiro atoms. The molecule has 114 valence electrons. The average Bonchev–Trinajstić information content (AvgIpc) is 2.67. The molecule has 5 nitrogen and oxygen atoms in total. The lowest BCUT2D eigenvalue weighted by atomic mass is 9.79. The van der Waals surface area contributed by atoms with Crippen LogP contribution < -0.4 is 5.73 Å². The molecule has 0 bridgehead atoms. The van der Waals surface area contributed by atoms with Gasteiger partial charge in [0.2, 0.25) is 5.91 Å². The first-order chi connectivity index (χ1) is 9.50. The van der Waals surface area contributed by atoms with E-state index in [0.717, 1.165) is 25.7 Å². The summed E-state index contributed by atoms with van der Waals surface area (Å²) in [6.07, 6.45) is 6.14. The Kier molecular flexibility index (Phi) is 4.68. The average molecular weight is 282 g/mol. The summed E-state index contributed by atoms with van der Waals surface area (Å²) in [6, 6.07) is 0. The summed E-state index contributed by atoms with van der Waals surface area (Å²) in [5.41, 5.74) is 5.50. The summed E-state index contributed by atoms with van der Waals surface area (Å²) in [5, 5.41) is 9.20. The molecule has 1 saturated heterocycles. The van der Waals surface area contributed by atoms with Gasteiger partial charge in [-0.25, -0.2) is 0 Å². The molecule has 1 amide bonds. The van der Waals surface area contributed by atoms with Gasteiger partial charge in [0.1, 0.15) is 0 Å². The van der Waals surface area contributed by atoms with Crippen molar-refractivity contribution in [3.8, 4) is 0 Å². The van der Waals surface area contributed by atoms with Crippen LogP contribution >= 0.6 is 0 Å². The van der Waals surface area contributed by atoms with Crippen LogP contribution in [0, 0.1) is 17.3 Å². The van der Waals surface area contributed by atoms with Crippen LogP contribution in [0.15, 0.2) is 0 Å². The molecule has 2 aliphatic rings. The number of carboxylic acid groups (broad SMARTS) is 1. The van der Waals surface area contributed by atoms with Crippen LogP contribution in [0.4, 0.5) is 0 Å². The molecule has 20 heavy (non-hydrogen) atoms. The molecule has 1 aliphatic heterocycles. The van der Waals surface area contributed by atoms with Crippen molar-refractivity contribution < 1.29 is 14.7 Å². The fraction of sp³-hybridized carbons (Fsp3) is 0.867. The van der Waals surface area contributed by atoms with E-state index in [-0.39, 0.29) is 11.8 Å². The second-order valence-electron chi connectivity index (χ2n) is 6.53. The lowest BCUT2D eigenvalue weighted by Gasteiger charge is -2.34. The van der Waals surface area contributed by atoms with Crippen molar-refractivity contribution in [2.75, 3.05) is 19.6 Å². The Labute approximate surface area is 120 Å².